The van der Waals surface area contributed by atoms with Crippen LogP contribution in [-0.2, 0) is 27.4 Å². The van der Waals surface area contributed by atoms with Gasteiger partial charge in [0.15, 0.2) is 18.1 Å². The minimum absolute atomic E-state index is 0.0601. The number of amides is 3. The molecule has 0 saturated carbocycles. The zero-order valence-electron chi connectivity index (χ0n) is 20.2. The molecule has 0 aliphatic heterocycles. The first-order valence-electron chi connectivity index (χ1n) is 11.4. The standard InChI is InChI=1S/C25H28N6O6/c1-2-35-22-10-18(8-9-21(22)36-15-23(26)32)12-29-31-24(33)20(11-19-13-27-16-28-19)30-25(34)37-14-17-6-4-3-5-7-17/h3-10,12-13,16,20H,2,11,14-15H2,1H3,(H2,26,32)(H,27,28)(H,30,34)(H,31,33)/b29-12-/t20-/m0/s1. The molecule has 0 spiro atoms. The predicted octanol–water partition coefficient (Wildman–Crippen LogP) is 1.66. The van der Waals surface area contributed by atoms with Gasteiger partial charge in [0, 0.05) is 18.3 Å². The van der Waals surface area contributed by atoms with E-state index >= 15 is 0 Å². The molecule has 1 atom stereocenters. The van der Waals surface area contributed by atoms with Crippen LogP contribution in [0.2, 0.25) is 0 Å². The minimum atomic E-state index is -0.982. The van der Waals surface area contributed by atoms with Crippen LogP contribution in [0, 0.1) is 0 Å². The number of imidazole rings is 1. The maximum Gasteiger partial charge on any atom is 0.408 e. The number of benzene rings is 2. The van der Waals surface area contributed by atoms with Gasteiger partial charge in [-0.2, -0.15) is 5.10 Å². The summed E-state index contributed by atoms with van der Waals surface area (Å²) in [6.45, 7) is 1.94. The number of rotatable bonds is 13. The van der Waals surface area contributed by atoms with Crippen LogP contribution in [0.15, 0.2) is 66.2 Å². The second-order valence-electron chi connectivity index (χ2n) is 7.67. The first kappa shape index (κ1) is 26.7. The highest BCUT2D eigenvalue weighted by atomic mass is 16.5. The number of aromatic nitrogens is 2. The van der Waals surface area contributed by atoms with Gasteiger partial charge in [-0.25, -0.2) is 15.2 Å². The van der Waals surface area contributed by atoms with Crippen molar-refractivity contribution in [2.75, 3.05) is 13.2 Å². The Hall–Kier alpha value is -4.87. The van der Waals surface area contributed by atoms with Crippen molar-refractivity contribution < 1.29 is 28.6 Å². The van der Waals surface area contributed by atoms with E-state index in [0.717, 1.165) is 5.56 Å². The number of carbonyl (C=O) groups is 3. The molecule has 1 aromatic heterocycles. The third kappa shape index (κ3) is 9.02. The van der Waals surface area contributed by atoms with Crippen LogP contribution in [0.5, 0.6) is 11.5 Å². The van der Waals surface area contributed by atoms with Crippen LogP contribution in [-0.4, -0.2) is 53.3 Å². The summed E-state index contributed by atoms with van der Waals surface area (Å²) in [5.74, 6) is -0.439. The van der Waals surface area contributed by atoms with Crippen molar-refractivity contribution in [1.29, 1.82) is 0 Å². The molecule has 0 aliphatic carbocycles. The van der Waals surface area contributed by atoms with Gasteiger partial charge in [-0.1, -0.05) is 30.3 Å². The molecule has 0 radical (unpaired) electrons. The summed E-state index contributed by atoms with van der Waals surface area (Å²) in [6.07, 6.45) is 3.82. The Morgan fingerprint density at radius 1 is 1.14 bits per heavy atom. The van der Waals surface area contributed by atoms with Gasteiger partial charge in [-0.15, -0.1) is 0 Å². The second-order valence-corrected chi connectivity index (χ2v) is 7.67. The number of aromatic amines is 1. The number of H-pyrrole nitrogens is 1. The smallest absolute Gasteiger partial charge is 0.408 e. The van der Waals surface area contributed by atoms with Gasteiger partial charge in [-0.05, 0) is 36.2 Å². The summed E-state index contributed by atoms with van der Waals surface area (Å²) in [5.41, 5.74) is 9.59. The molecule has 3 amide bonds. The monoisotopic (exact) mass is 508 g/mol. The van der Waals surface area contributed by atoms with Crippen molar-refractivity contribution in [3.05, 3.63) is 77.9 Å². The van der Waals surface area contributed by atoms with Gasteiger partial charge in [0.25, 0.3) is 11.8 Å². The SMILES string of the molecule is CCOc1cc(/C=N\NC(=O)[C@H](Cc2cnc[nH]2)NC(=O)OCc2ccccc2)ccc1OCC(N)=O. The van der Waals surface area contributed by atoms with Crippen molar-refractivity contribution in [2.45, 2.75) is 26.0 Å². The molecule has 12 nitrogen and oxygen atoms in total. The lowest BCUT2D eigenvalue weighted by Gasteiger charge is -2.16. The number of primary amides is 1. The molecule has 1 heterocycles. The van der Waals surface area contributed by atoms with E-state index in [9.17, 15) is 14.4 Å². The third-order valence-electron chi connectivity index (χ3n) is 4.83. The lowest BCUT2D eigenvalue weighted by Crippen LogP contribution is -2.47. The van der Waals surface area contributed by atoms with Crippen LogP contribution in [0.3, 0.4) is 0 Å². The lowest BCUT2D eigenvalue weighted by atomic mass is 10.1. The topological polar surface area (TPSA) is 170 Å². The molecule has 3 aromatic rings. The number of nitrogens with one attached hydrogen (secondary N) is 3. The lowest BCUT2D eigenvalue weighted by molar-refractivity contribution is -0.123. The maximum absolute atomic E-state index is 12.8. The number of hydrogen-bond acceptors (Lipinski definition) is 8. The summed E-state index contributed by atoms with van der Waals surface area (Å²) < 4.78 is 16.1. The van der Waals surface area contributed by atoms with Gasteiger partial charge >= 0.3 is 6.09 Å². The van der Waals surface area contributed by atoms with Crippen LogP contribution < -0.4 is 25.9 Å². The minimum Gasteiger partial charge on any atom is -0.490 e. The molecule has 2 aromatic carbocycles. The third-order valence-corrected chi connectivity index (χ3v) is 4.83. The molecule has 0 aliphatic rings. The van der Waals surface area contributed by atoms with Gasteiger partial charge in [0.2, 0.25) is 0 Å². The molecule has 0 unspecified atom stereocenters. The summed E-state index contributed by atoms with van der Waals surface area (Å²) in [4.78, 5) is 43.0. The van der Waals surface area contributed by atoms with Crippen molar-refractivity contribution in [3.63, 3.8) is 0 Å². The summed E-state index contributed by atoms with van der Waals surface area (Å²) in [5, 5.41) is 6.55. The number of carbonyl (C=O) groups excluding carboxylic acids is 3. The largest absolute Gasteiger partial charge is 0.490 e. The van der Waals surface area contributed by atoms with Crippen molar-refractivity contribution in [2.24, 2.45) is 10.8 Å². The first-order valence-corrected chi connectivity index (χ1v) is 11.4. The van der Waals surface area contributed by atoms with E-state index in [-0.39, 0.29) is 19.6 Å². The molecular weight excluding hydrogens is 480 g/mol. The van der Waals surface area contributed by atoms with E-state index in [1.54, 1.807) is 31.3 Å². The van der Waals surface area contributed by atoms with Gasteiger partial charge in [-0.3, -0.25) is 9.59 Å². The van der Waals surface area contributed by atoms with Crippen molar-refractivity contribution in [1.82, 2.24) is 20.7 Å². The van der Waals surface area contributed by atoms with Gasteiger partial charge < -0.3 is 30.2 Å². The van der Waals surface area contributed by atoms with Crippen LogP contribution in [0.25, 0.3) is 0 Å². The molecule has 12 heteroatoms. The first-order chi connectivity index (χ1) is 17.9. The number of ether oxygens (including phenoxy) is 3. The van der Waals surface area contributed by atoms with Crippen molar-refractivity contribution >= 4 is 24.1 Å². The zero-order valence-corrected chi connectivity index (χ0v) is 20.2. The van der Waals surface area contributed by atoms with E-state index in [0.29, 0.717) is 29.4 Å². The Morgan fingerprint density at radius 3 is 2.65 bits per heavy atom. The fraction of sp³-hybridized carbons (Fsp3) is 0.240. The normalized spacial score (nSPS) is 11.5. The Morgan fingerprint density at radius 2 is 1.95 bits per heavy atom. The highest BCUT2D eigenvalue weighted by molar-refractivity contribution is 5.87. The fourth-order valence-electron chi connectivity index (χ4n) is 3.12. The summed E-state index contributed by atoms with van der Waals surface area (Å²) in [6, 6.07) is 13.1. The average molecular weight is 509 g/mol. The highest BCUT2D eigenvalue weighted by Crippen LogP contribution is 2.28. The van der Waals surface area contributed by atoms with Crippen LogP contribution >= 0.6 is 0 Å². The van der Waals surface area contributed by atoms with Gasteiger partial charge in [0.05, 0.1) is 19.1 Å². The van der Waals surface area contributed by atoms with Crippen molar-refractivity contribution in [3.8, 4) is 11.5 Å². The van der Waals surface area contributed by atoms with Crippen LogP contribution in [0.1, 0.15) is 23.7 Å². The Kier molecular flexibility index (Phi) is 10.0. The number of hydrogen-bond donors (Lipinski definition) is 4. The number of nitrogens with two attached hydrogens (primary N) is 1. The van der Waals surface area contributed by atoms with E-state index in [2.05, 4.69) is 25.8 Å². The average Bonchev–Trinajstić information content (AvgIpc) is 3.40. The number of alkyl carbamates (subject to hydrolysis) is 1. The zero-order chi connectivity index (χ0) is 26.5. The molecule has 5 N–H and O–H groups in total. The second kappa shape index (κ2) is 13.9. The number of hydrazone groups is 1. The van der Waals surface area contributed by atoms with E-state index in [1.165, 1.54) is 12.5 Å². The van der Waals surface area contributed by atoms with Gasteiger partial charge in [0.1, 0.15) is 12.6 Å². The van der Waals surface area contributed by atoms with Crippen LogP contribution in [0.4, 0.5) is 4.79 Å². The molecule has 0 saturated heterocycles. The Bertz CT molecular complexity index is 1200. The molecule has 194 valence electrons. The Balaban J connectivity index is 1.62. The highest BCUT2D eigenvalue weighted by Gasteiger charge is 2.22. The number of nitrogens with zero attached hydrogens (tertiary/aromatic N) is 2. The summed E-state index contributed by atoms with van der Waals surface area (Å²) in [7, 11) is 0. The van der Waals surface area contributed by atoms with E-state index in [4.69, 9.17) is 19.9 Å². The quantitative estimate of drug-likeness (QED) is 0.201. The molecule has 0 fully saturated rings. The molecule has 37 heavy (non-hydrogen) atoms. The predicted molar refractivity (Wildman–Crippen MR) is 134 cm³/mol. The summed E-state index contributed by atoms with van der Waals surface area (Å²) >= 11 is 0. The molecule has 3 rings (SSSR count). The molecule has 0 bridgehead atoms. The Labute approximate surface area is 213 Å². The fourth-order valence-corrected chi connectivity index (χ4v) is 3.12. The maximum atomic E-state index is 12.8. The van der Waals surface area contributed by atoms with E-state index in [1.807, 2.05) is 30.3 Å². The molecular formula is C25H28N6O6. The van der Waals surface area contributed by atoms with E-state index < -0.39 is 23.9 Å².